The molecule has 5 heteroatoms. The number of fused-ring (bicyclic) bond motifs is 1. The largest absolute Gasteiger partial charge is 0.496 e. The number of methoxy groups -OCH3 is 1. The molecule has 122 valence electrons. The average Bonchev–Trinajstić information content (AvgIpc) is 3.11. The third-order valence-corrected chi connectivity index (χ3v) is 5.49. The number of nitrogens with two attached hydrogens (primary N) is 1. The lowest BCUT2D eigenvalue weighted by Crippen LogP contribution is -2.44. The molecule has 0 aliphatic heterocycles. The van der Waals surface area contributed by atoms with Crippen LogP contribution < -0.4 is 10.5 Å². The number of nitrogens with zero attached hydrogens (tertiary/aromatic N) is 2. The van der Waals surface area contributed by atoms with Crippen LogP contribution in [0.4, 0.5) is 0 Å². The van der Waals surface area contributed by atoms with Gasteiger partial charge in [0.15, 0.2) is 5.82 Å². The normalized spacial score (nSPS) is 29.2. The molecule has 2 aromatic rings. The molecule has 4 rings (SSSR count). The van der Waals surface area contributed by atoms with Crippen molar-refractivity contribution in [1.82, 2.24) is 10.1 Å². The van der Waals surface area contributed by atoms with E-state index < -0.39 is 0 Å². The second kappa shape index (κ2) is 5.64. The van der Waals surface area contributed by atoms with Crippen LogP contribution in [0.15, 0.2) is 22.7 Å². The van der Waals surface area contributed by atoms with Gasteiger partial charge in [-0.3, -0.25) is 0 Å². The van der Waals surface area contributed by atoms with E-state index in [1.807, 2.05) is 12.1 Å². The van der Waals surface area contributed by atoms with Crippen molar-refractivity contribution >= 4 is 0 Å². The van der Waals surface area contributed by atoms with Crippen LogP contribution in [0, 0.1) is 18.8 Å². The van der Waals surface area contributed by atoms with Crippen molar-refractivity contribution in [2.75, 3.05) is 7.11 Å². The maximum absolute atomic E-state index is 6.08. The lowest BCUT2D eigenvalue weighted by molar-refractivity contribution is 0.173. The van der Waals surface area contributed by atoms with Gasteiger partial charge in [-0.25, -0.2) is 0 Å². The molecule has 2 aliphatic rings. The van der Waals surface area contributed by atoms with Gasteiger partial charge < -0.3 is 15.0 Å². The van der Waals surface area contributed by atoms with Gasteiger partial charge in [-0.1, -0.05) is 22.9 Å². The summed E-state index contributed by atoms with van der Waals surface area (Å²) in [6, 6.07) is 6.52. The van der Waals surface area contributed by atoms with Crippen molar-refractivity contribution in [3.8, 4) is 5.75 Å². The molecule has 0 radical (unpaired) electrons. The summed E-state index contributed by atoms with van der Waals surface area (Å²) >= 11 is 0. The molecule has 1 heterocycles. The van der Waals surface area contributed by atoms with Crippen LogP contribution >= 0.6 is 0 Å². The summed E-state index contributed by atoms with van der Waals surface area (Å²) in [6.45, 7) is 2.07. The van der Waals surface area contributed by atoms with E-state index in [0.29, 0.717) is 24.3 Å². The third-order valence-electron chi connectivity index (χ3n) is 5.49. The predicted octanol–water partition coefficient (Wildman–Crippen LogP) is 2.82. The molecular weight excluding hydrogens is 290 g/mol. The van der Waals surface area contributed by atoms with Gasteiger partial charge in [0.1, 0.15) is 5.75 Å². The van der Waals surface area contributed by atoms with Gasteiger partial charge >= 0.3 is 0 Å². The third kappa shape index (κ3) is 2.63. The first-order chi connectivity index (χ1) is 11.1. The van der Waals surface area contributed by atoms with Crippen LogP contribution in [0.2, 0.25) is 0 Å². The van der Waals surface area contributed by atoms with E-state index in [1.165, 1.54) is 5.56 Å². The fourth-order valence-corrected chi connectivity index (χ4v) is 4.20. The summed E-state index contributed by atoms with van der Waals surface area (Å²) in [6.07, 6.45) is 4.03. The van der Waals surface area contributed by atoms with Gasteiger partial charge in [-0.15, -0.1) is 0 Å². The van der Waals surface area contributed by atoms with Gasteiger partial charge in [-0.2, -0.15) is 4.98 Å². The molecule has 0 saturated heterocycles. The maximum atomic E-state index is 6.08. The van der Waals surface area contributed by atoms with Crippen molar-refractivity contribution in [2.24, 2.45) is 17.6 Å². The van der Waals surface area contributed by atoms with Gasteiger partial charge in [0.2, 0.25) is 5.89 Å². The smallest absolute Gasteiger partial charge is 0.229 e. The molecule has 2 fully saturated rings. The van der Waals surface area contributed by atoms with Crippen LogP contribution in [0.3, 0.4) is 0 Å². The van der Waals surface area contributed by atoms with Crippen LogP contribution in [-0.4, -0.2) is 23.3 Å². The highest BCUT2D eigenvalue weighted by Gasteiger charge is 2.47. The van der Waals surface area contributed by atoms with Crippen molar-refractivity contribution < 1.29 is 9.26 Å². The Morgan fingerprint density at radius 1 is 1.30 bits per heavy atom. The molecule has 2 aliphatic carbocycles. The summed E-state index contributed by atoms with van der Waals surface area (Å²) in [5, 5.41) is 4.18. The zero-order valence-corrected chi connectivity index (χ0v) is 13.7. The summed E-state index contributed by atoms with van der Waals surface area (Å²) < 4.78 is 11.0. The lowest BCUT2D eigenvalue weighted by atomic mass is 9.72. The molecule has 0 spiro atoms. The standard InChI is InChI=1S/C18H23N3O2/c1-10-3-4-16(22-2)12(5-10)9-17-20-18(23-21-17)13-6-11-8-15(19)14(11)7-13/h3-5,11,13-15H,6-9,19H2,1-2H3/t11-,13?,14-,15+/m1/s1. The zero-order valence-electron chi connectivity index (χ0n) is 13.7. The van der Waals surface area contributed by atoms with Gasteiger partial charge in [0.05, 0.1) is 7.11 Å². The summed E-state index contributed by atoms with van der Waals surface area (Å²) in [5.41, 5.74) is 8.37. The molecule has 1 unspecified atom stereocenters. The van der Waals surface area contributed by atoms with Crippen LogP contribution in [-0.2, 0) is 6.42 Å². The molecule has 1 aromatic heterocycles. The van der Waals surface area contributed by atoms with E-state index in [4.69, 9.17) is 15.0 Å². The minimum Gasteiger partial charge on any atom is -0.496 e. The summed E-state index contributed by atoms with van der Waals surface area (Å²) in [5.74, 6) is 4.20. The second-order valence-electron chi connectivity index (χ2n) is 7.03. The first-order valence-corrected chi connectivity index (χ1v) is 8.35. The number of aromatic nitrogens is 2. The summed E-state index contributed by atoms with van der Waals surface area (Å²) in [4.78, 5) is 4.64. The minimum absolute atomic E-state index is 0.379. The van der Waals surface area contributed by atoms with Crippen molar-refractivity contribution in [1.29, 1.82) is 0 Å². The Balaban J connectivity index is 1.49. The number of benzene rings is 1. The Morgan fingerprint density at radius 2 is 2.17 bits per heavy atom. The maximum Gasteiger partial charge on any atom is 0.229 e. The fourth-order valence-electron chi connectivity index (χ4n) is 4.20. The molecule has 2 N–H and O–H groups in total. The zero-order chi connectivity index (χ0) is 16.0. The van der Waals surface area contributed by atoms with Crippen LogP contribution in [0.25, 0.3) is 0 Å². The van der Waals surface area contributed by atoms with E-state index >= 15 is 0 Å². The van der Waals surface area contributed by atoms with Crippen LogP contribution in [0.1, 0.15) is 48.0 Å². The second-order valence-corrected chi connectivity index (χ2v) is 7.03. The Labute approximate surface area is 136 Å². The Morgan fingerprint density at radius 3 is 2.91 bits per heavy atom. The van der Waals surface area contributed by atoms with E-state index in [9.17, 15) is 0 Å². The Hall–Kier alpha value is -1.88. The van der Waals surface area contributed by atoms with Gasteiger partial charge in [0.25, 0.3) is 0 Å². The topological polar surface area (TPSA) is 74.2 Å². The van der Waals surface area contributed by atoms with E-state index in [1.54, 1.807) is 7.11 Å². The molecule has 0 amide bonds. The van der Waals surface area contributed by atoms with E-state index in [-0.39, 0.29) is 0 Å². The minimum atomic E-state index is 0.379. The van der Waals surface area contributed by atoms with Crippen molar-refractivity contribution in [3.63, 3.8) is 0 Å². The molecule has 4 atom stereocenters. The fraction of sp³-hybridized carbons (Fsp3) is 0.556. The average molecular weight is 313 g/mol. The molecule has 0 bridgehead atoms. The molecular formula is C18H23N3O2. The monoisotopic (exact) mass is 313 g/mol. The van der Waals surface area contributed by atoms with Gasteiger partial charge in [0, 0.05) is 23.9 Å². The molecule has 1 aromatic carbocycles. The SMILES string of the molecule is COc1ccc(C)cc1Cc1noc(C2C[C@@H]3C[C@H](N)[C@@H]3C2)n1. The number of ether oxygens (including phenoxy) is 1. The predicted molar refractivity (Wildman–Crippen MR) is 86.4 cm³/mol. The van der Waals surface area contributed by atoms with Crippen LogP contribution in [0.5, 0.6) is 5.75 Å². The highest BCUT2D eigenvalue weighted by Crippen LogP contribution is 2.52. The lowest BCUT2D eigenvalue weighted by Gasteiger charge is -2.37. The first kappa shape index (κ1) is 14.7. The summed E-state index contributed by atoms with van der Waals surface area (Å²) in [7, 11) is 1.69. The van der Waals surface area contributed by atoms with E-state index in [0.717, 1.165) is 48.2 Å². The first-order valence-electron chi connectivity index (χ1n) is 8.35. The highest BCUT2D eigenvalue weighted by atomic mass is 16.5. The highest BCUT2D eigenvalue weighted by molar-refractivity contribution is 5.38. The molecule has 5 nitrogen and oxygen atoms in total. The number of aryl methyl sites for hydroxylation is 1. The number of hydrogen-bond acceptors (Lipinski definition) is 5. The van der Waals surface area contributed by atoms with Gasteiger partial charge in [-0.05, 0) is 44.1 Å². The quantitative estimate of drug-likeness (QED) is 0.939. The molecule has 2 saturated carbocycles. The van der Waals surface area contributed by atoms with Crippen molar-refractivity contribution in [2.45, 2.75) is 44.6 Å². The number of rotatable bonds is 4. The Bertz CT molecular complexity index is 712. The number of hydrogen-bond donors (Lipinski definition) is 1. The molecule has 23 heavy (non-hydrogen) atoms. The Kier molecular flexibility index (Phi) is 3.60. The van der Waals surface area contributed by atoms with E-state index in [2.05, 4.69) is 23.1 Å². The van der Waals surface area contributed by atoms with Crippen molar-refractivity contribution in [3.05, 3.63) is 41.0 Å².